The van der Waals surface area contributed by atoms with Crippen LogP contribution < -0.4 is 16.2 Å². The van der Waals surface area contributed by atoms with E-state index < -0.39 is 0 Å². The van der Waals surface area contributed by atoms with E-state index in [1.54, 1.807) is 18.0 Å². The predicted octanol–water partition coefficient (Wildman–Crippen LogP) is -0.0758. The van der Waals surface area contributed by atoms with Crippen molar-refractivity contribution in [2.75, 3.05) is 23.4 Å². The van der Waals surface area contributed by atoms with Gasteiger partial charge in [-0.2, -0.15) is 15.5 Å². The molecule has 0 unspecified atom stereocenters. The maximum absolute atomic E-state index is 8.66. The van der Waals surface area contributed by atoms with Crippen LogP contribution in [-0.2, 0) is 0 Å². The molecule has 0 saturated heterocycles. The molecule has 7 heteroatoms. The molecule has 16 heavy (non-hydrogen) atoms. The zero-order valence-electron chi connectivity index (χ0n) is 8.80. The lowest BCUT2D eigenvalue weighted by atomic mass is 10.3. The topological polar surface area (TPSA) is 115 Å². The smallest absolute Gasteiger partial charge is 0.239 e. The molecule has 0 saturated carbocycles. The highest BCUT2D eigenvalue weighted by Gasteiger charge is 2.11. The highest BCUT2D eigenvalue weighted by atomic mass is 15.3. The summed E-state index contributed by atoms with van der Waals surface area (Å²) in [6.07, 6.45) is 1.58. The molecule has 0 amide bonds. The lowest BCUT2D eigenvalue weighted by Crippen LogP contribution is -2.26. The zero-order chi connectivity index (χ0) is 12.0. The Morgan fingerprint density at radius 3 is 2.56 bits per heavy atom. The molecule has 0 aliphatic heterocycles. The lowest BCUT2D eigenvalue weighted by Gasteiger charge is -2.19. The van der Waals surface area contributed by atoms with Crippen LogP contribution in [0.5, 0.6) is 0 Å². The summed E-state index contributed by atoms with van der Waals surface area (Å²) in [4.78, 5) is 9.58. The van der Waals surface area contributed by atoms with Gasteiger partial charge in [0.05, 0.1) is 12.1 Å². The van der Waals surface area contributed by atoms with Crippen molar-refractivity contribution in [3.63, 3.8) is 0 Å². The Balaban J connectivity index is 3.08. The summed E-state index contributed by atoms with van der Waals surface area (Å²) in [6, 6.07) is 3.96. The third kappa shape index (κ3) is 2.56. The molecular formula is C9H11N7. The second kappa shape index (κ2) is 5.49. The quantitative estimate of drug-likeness (QED) is 0.412. The normalized spacial score (nSPS) is 9.00. The Morgan fingerprint density at radius 1 is 1.44 bits per heavy atom. The summed E-state index contributed by atoms with van der Waals surface area (Å²) in [5.41, 5.74) is 3.10. The minimum atomic E-state index is 0.0927. The Hall–Kier alpha value is -2.38. The third-order valence-electron chi connectivity index (χ3n) is 1.90. The van der Waals surface area contributed by atoms with Crippen LogP contribution in [0.3, 0.4) is 0 Å². The molecule has 0 aliphatic carbocycles. The van der Waals surface area contributed by atoms with Gasteiger partial charge in [-0.1, -0.05) is 0 Å². The molecule has 1 aromatic rings. The van der Waals surface area contributed by atoms with Gasteiger partial charge in [0.15, 0.2) is 0 Å². The van der Waals surface area contributed by atoms with Crippen molar-refractivity contribution in [1.29, 1.82) is 10.5 Å². The number of hydrogen-bond donors (Lipinski definition) is 2. The van der Waals surface area contributed by atoms with Crippen LogP contribution in [0.15, 0.2) is 6.20 Å². The first-order valence-electron chi connectivity index (χ1n) is 4.52. The van der Waals surface area contributed by atoms with Crippen molar-refractivity contribution in [2.24, 2.45) is 5.84 Å². The molecule has 1 heterocycles. The van der Waals surface area contributed by atoms with Gasteiger partial charge in [0, 0.05) is 11.8 Å². The van der Waals surface area contributed by atoms with E-state index in [0.29, 0.717) is 5.82 Å². The van der Waals surface area contributed by atoms with Crippen LogP contribution in [0.1, 0.15) is 5.56 Å². The number of nitrogen functional groups attached to an aromatic ring is 1. The van der Waals surface area contributed by atoms with Crippen LogP contribution >= 0.6 is 0 Å². The number of nitrogens with zero attached hydrogens (tertiary/aromatic N) is 5. The van der Waals surface area contributed by atoms with E-state index in [9.17, 15) is 0 Å². The Labute approximate surface area is 93.1 Å². The standard InChI is InChI=1S/C9H11N7/c1-7-6-13-9(15-12)14-8(7)16(4-2-10)5-3-11/h6H,4-5,12H2,1H3,(H,13,14,15). The molecule has 0 aliphatic rings. The van der Waals surface area contributed by atoms with E-state index >= 15 is 0 Å². The molecule has 0 radical (unpaired) electrons. The van der Waals surface area contributed by atoms with E-state index in [1.807, 2.05) is 12.1 Å². The molecule has 3 N–H and O–H groups in total. The Bertz CT molecular complexity index is 426. The van der Waals surface area contributed by atoms with Crippen molar-refractivity contribution in [1.82, 2.24) is 9.97 Å². The number of rotatable bonds is 4. The number of anilines is 2. The van der Waals surface area contributed by atoms with E-state index in [-0.39, 0.29) is 19.0 Å². The summed E-state index contributed by atoms with van der Waals surface area (Å²) in [5.74, 6) is 5.98. The van der Waals surface area contributed by atoms with Gasteiger partial charge in [-0.05, 0) is 6.92 Å². The second-order valence-electron chi connectivity index (χ2n) is 3.02. The number of nitrogens with two attached hydrogens (primary N) is 1. The summed E-state index contributed by atoms with van der Waals surface area (Å²) in [6.45, 7) is 1.99. The third-order valence-corrected chi connectivity index (χ3v) is 1.90. The first-order chi connectivity index (χ1) is 7.72. The summed E-state index contributed by atoms with van der Waals surface area (Å²) < 4.78 is 0. The first-order valence-corrected chi connectivity index (χ1v) is 4.52. The van der Waals surface area contributed by atoms with Crippen LogP contribution in [0.4, 0.5) is 11.8 Å². The lowest BCUT2D eigenvalue weighted by molar-refractivity contribution is 0.914. The van der Waals surface area contributed by atoms with Gasteiger partial charge in [-0.25, -0.2) is 10.8 Å². The summed E-state index contributed by atoms with van der Waals surface area (Å²) in [7, 11) is 0. The van der Waals surface area contributed by atoms with Gasteiger partial charge in [0.1, 0.15) is 18.9 Å². The maximum atomic E-state index is 8.66. The van der Waals surface area contributed by atoms with Crippen molar-refractivity contribution < 1.29 is 0 Å². The minimum absolute atomic E-state index is 0.0927. The van der Waals surface area contributed by atoms with E-state index in [0.717, 1.165) is 5.56 Å². The van der Waals surface area contributed by atoms with Gasteiger partial charge in [-0.15, -0.1) is 0 Å². The van der Waals surface area contributed by atoms with Crippen molar-refractivity contribution in [3.05, 3.63) is 11.8 Å². The van der Waals surface area contributed by atoms with E-state index in [2.05, 4.69) is 15.4 Å². The predicted molar refractivity (Wildman–Crippen MR) is 58.0 cm³/mol. The monoisotopic (exact) mass is 217 g/mol. The molecule has 0 spiro atoms. The van der Waals surface area contributed by atoms with E-state index in [4.69, 9.17) is 16.4 Å². The second-order valence-corrected chi connectivity index (χ2v) is 3.02. The van der Waals surface area contributed by atoms with Gasteiger partial charge in [-0.3, -0.25) is 5.43 Å². The molecule has 1 aromatic heterocycles. The number of hydrogen-bond acceptors (Lipinski definition) is 7. The number of aromatic nitrogens is 2. The largest absolute Gasteiger partial charge is 0.330 e. The molecule has 0 bridgehead atoms. The fraction of sp³-hybridized carbons (Fsp3) is 0.333. The molecule has 0 aromatic carbocycles. The highest BCUT2D eigenvalue weighted by Crippen LogP contribution is 2.16. The maximum Gasteiger partial charge on any atom is 0.239 e. The highest BCUT2D eigenvalue weighted by molar-refractivity contribution is 5.50. The molecule has 7 nitrogen and oxygen atoms in total. The van der Waals surface area contributed by atoms with Crippen LogP contribution in [0.25, 0.3) is 0 Å². The number of hydrazine groups is 1. The summed E-state index contributed by atoms with van der Waals surface area (Å²) >= 11 is 0. The fourth-order valence-corrected chi connectivity index (χ4v) is 1.20. The number of nitriles is 2. The Kier molecular flexibility index (Phi) is 4.01. The van der Waals surface area contributed by atoms with Crippen LogP contribution in [0.2, 0.25) is 0 Å². The fourth-order valence-electron chi connectivity index (χ4n) is 1.20. The van der Waals surface area contributed by atoms with Gasteiger partial charge < -0.3 is 4.90 Å². The van der Waals surface area contributed by atoms with Gasteiger partial charge >= 0.3 is 0 Å². The molecular weight excluding hydrogens is 206 g/mol. The van der Waals surface area contributed by atoms with E-state index in [1.165, 1.54) is 0 Å². The van der Waals surface area contributed by atoms with Crippen LogP contribution in [-0.4, -0.2) is 23.1 Å². The van der Waals surface area contributed by atoms with Gasteiger partial charge in [0.25, 0.3) is 0 Å². The van der Waals surface area contributed by atoms with Crippen molar-refractivity contribution in [2.45, 2.75) is 6.92 Å². The van der Waals surface area contributed by atoms with Gasteiger partial charge in [0.2, 0.25) is 5.95 Å². The summed E-state index contributed by atoms with van der Waals surface area (Å²) in [5, 5.41) is 17.3. The van der Waals surface area contributed by atoms with Crippen LogP contribution in [0, 0.1) is 29.6 Å². The number of nitrogens with one attached hydrogen (secondary N) is 1. The molecule has 0 fully saturated rings. The zero-order valence-corrected chi connectivity index (χ0v) is 8.80. The average Bonchev–Trinajstić information content (AvgIpc) is 2.29. The molecule has 0 atom stereocenters. The molecule has 82 valence electrons. The minimum Gasteiger partial charge on any atom is -0.330 e. The average molecular weight is 217 g/mol. The SMILES string of the molecule is Cc1cnc(NN)nc1N(CC#N)CC#N. The first kappa shape index (κ1) is 11.7. The van der Waals surface area contributed by atoms with Crippen molar-refractivity contribution >= 4 is 11.8 Å². The Morgan fingerprint density at radius 2 is 2.06 bits per heavy atom. The molecule has 1 rings (SSSR count). The number of aryl methyl sites for hydroxylation is 1. The van der Waals surface area contributed by atoms with Crippen molar-refractivity contribution in [3.8, 4) is 12.1 Å².